The van der Waals surface area contributed by atoms with Crippen LogP contribution in [0.2, 0.25) is 0 Å². The van der Waals surface area contributed by atoms with Gasteiger partial charge in [0.1, 0.15) is 0 Å². The molecule has 0 spiro atoms. The maximum atomic E-state index is 12.0. The molecule has 1 N–H and O–H groups in total. The molecular weight excluding hydrogens is 278 g/mol. The Kier molecular flexibility index (Phi) is 4.55. The second-order valence-corrected chi connectivity index (χ2v) is 6.26. The third-order valence-corrected chi connectivity index (χ3v) is 4.50. The number of aryl methyl sites for hydroxylation is 2. The van der Waals surface area contributed by atoms with Crippen molar-refractivity contribution < 1.29 is 4.79 Å². The third-order valence-electron chi connectivity index (χ3n) is 2.68. The van der Waals surface area contributed by atoms with Crippen LogP contribution in [0.15, 0.2) is 22.5 Å². The first-order valence-corrected chi connectivity index (χ1v) is 7.86. The van der Waals surface area contributed by atoms with Crippen LogP contribution in [0.25, 0.3) is 0 Å². The van der Waals surface area contributed by atoms with Crippen molar-refractivity contribution in [1.82, 2.24) is 10.2 Å². The van der Waals surface area contributed by atoms with E-state index in [1.807, 2.05) is 38.3 Å². The molecule has 6 heteroatoms. The zero-order valence-corrected chi connectivity index (χ0v) is 12.7. The number of hydrogen-bond donors (Lipinski definition) is 1. The molecule has 2 aromatic rings. The number of amides is 1. The number of carbonyl (C=O) groups is 1. The largest absolute Gasteiger partial charge is 0.300 e. The Labute approximate surface area is 120 Å². The highest BCUT2D eigenvalue weighted by Crippen LogP contribution is 2.23. The van der Waals surface area contributed by atoms with Crippen molar-refractivity contribution in [2.45, 2.75) is 24.6 Å². The van der Waals surface area contributed by atoms with E-state index in [0.29, 0.717) is 11.6 Å². The lowest BCUT2D eigenvalue weighted by molar-refractivity contribution is -0.115. The van der Waals surface area contributed by atoms with E-state index in [0.717, 1.165) is 21.0 Å². The summed E-state index contributed by atoms with van der Waals surface area (Å²) in [4.78, 5) is 12.0. The molecule has 4 nitrogen and oxygen atoms in total. The number of nitrogens with one attached hydrogen (secondary N) is 1. The molecule has 2 rings (SSSR count). The monoisotopic (exact) mass is 293 g/mol. The number of aromatic nitrogens is 2. The Morgan fingerprint density at radius 2 is 2.16 bits per heavy atom. The average molecular weight is 293 g/mol. The normalized spacial score (nSPS) is 10.5. The highest BCUT2D eigenvalue weighted by Gasteiger charge is 2.10. The molecule has 0 saturated heterocycles. The number of carbonyl (C=O) groups excluding carboxylic acids is 1. The Hall–Kier alpha value is -1.40. The van der Waals surface area contributed by atoms with Crippen LogP contribution < -0.4 is 5.32 Å². The molecule has 0 radical (unpaired) electrons. The molecule has 19 heavy (non-hydrogen) atoms. The van der Waals surface area contributed by atoms with E-state index in [4.69, 9.17) is 0 Å². The minimum absolute atomic E-state index is 0.0579. The molecule has 1 heterocycles. The molecule has 0 unspecified atom stereocenters. The SMILES string of the molecule is CSc1nnc(NC(=O)Cc2cc(C)ccc2C)s1. The molecule has 1 aromatic carbocycles. The standard InChI is InChI=1S/C13H15N3OS2/c1-8-4-5-9(2)10(6-8)7-11(17)14-12-15-16-13(18-3)19-12/h4-6H,7H2,1-3H3,(H,14,15,17). The van der Waals surface area contributed by atoms with Crippen LogP contribution in [0.4, 0.5) is 5.13 Å². The molecule has 100 valence electrons. The summed E-state index contributed by atoms with van der Waals surface area (Å²) in [7, 11) is 0. The van der Waals surface area contributed by atoms with Crippen LogP contribution >= 0.6 is 23.1 Å². The number of benzene rings is 1. The molecule has 0 atom stereocenters. The van der Waals surface area contributed by atoms with Gasteiger partial charge in [-0.3, -0.25) is 4.79 Å². The summed E-state index contributed by atoms with van der Waals surface area (Å²) in [5.41, 5.74) is 3.34. The van der Waals surface area contributed by atoms with E-state index in [1.165, 1.54) is 23.1 Å². The fraction of sp³-hybridized carbons (Fsp3) is 0.308. The Morgan fingerprint density at radius 3 is 2.84 bits per heavy atom. The van der Waals surface area contributed by atoms with Crippen molar-refractivity contribution in [2.24, 2.45) is 0 Å². The summed E-state index contributed by atoms with van der Waals surface area (Å²) in [5.74, 6) is -0.0579. The predicted octanol–water partition coefficient (Wildman–Crippen LogP) is 3.06. The highest BCUT2D eigenvalue weighted by atomic mass is 32.2. The van der Waals surface area contributed by atoms with Gasteiger partial charge in [-0.1, -0.05) is 46.9 Å². The Bertz CT molecular complexity index is 595. The van der Waals surface area contributed by atoms with Crippen LogP contribution in [0, 0.1) is 13.8 Å². The van der Waals surface area contributed by atoms with E-state index < -0.39 is 0 Å². The maximum Gasteiger partial charge on any atom is 0.230 e. The van der Waals surface area contributed by atoms with Gasteiger partial charge in [-0.05, 0) is 31.2 Å². The fourth-order valence-corrected chi connectivity index (χ4v) is 2.86. The van der Waals surface area contributed by atoms with Crippen molar-refractivity contribution >= 4 is 34.1 Å². The van der Waals surface area contributed by atoms with Crippen molar-refractivity contribution in [3.8, 4) is 0 Å². The van der Waals surface area contributed by atoms with Crippen LogP contribution in [-0.4, -0.2) is 22.4 Å². The van der Waals surface area contributed by atoms with Crippen molar-refractivity contribution in [2.75, 3.05) is 11.6 Å². The van der Waals surface area contributed by atoms with E-state index in [9.17, 15) is 4.79 Å². The van der Waals surface area contributed by atoms with E-state index in [1.54, 1.807) is 0 Å². The van der Waals surface area contributed by atoms with E-state index >= 15 is 0 Å². The summed E-state index contributed by atoms with van der Waals surface area (Å²) < 4.78 is 0.849. The Balaban J connectivity index is 2.03. The van der Waals surface area contributed by atoms with Crippen molar-refractivity contribution in [3.63, 3.8) is 0 Å². The van der Waals surface area contributed by atoms with Gasteiger partial charge in [0.2, 0.25) is 11.0 Å². The first kappa shape index (κ1) is 14.0. The summed E-state index contributed by atoms with van der Waals surface area (Å²) in [6.45, 7) is 4.04. The van der Waals surface area contributed by atoms with Crippen LogP contribution in [0.1, 0.15) is 16.7 Å². The number of nitrogens with zero attached hydrogens (tertiary/aromatic N) is 2. The minimum atomic E-state index is -0.0579. The van der Waals surface area contributed by atoms with E-state index in [2.05, 4.69) is 15.5 Å². The van der Waals surface area contributed by atoms with Gasteiger partial charge in [0.15, 0.2) is 4.34 Å². The fourth-order valence-electron chi connectivity index (χ4n) is 1.67. The quantitative estimate of drug-likeness (QED) is 0.695. The third kappa shape index (κ3) is 3.78. The molecule has 0 aliphatic rings. The van der Waals surface area contributed by atoms with Crippen molar-refractivity contribution in [3.05, 3.63) is 34.9 Å². The minimum Gasteiger partial charge on any atom is -0.300 e. The number of anilines is 1. The summed E-state index contributed by atoms with van der Waals surface area (Å²) in [5, 5.41) is 11.2. The van der Waals surface area contributed by atoms with Gasteiger partial charge in [-0.2, -0.15) is 0 Å². The number of thioether (sulfide) groups is 1. The van der Waals surface area contributed by atoms with Gasteiger partial charge in [0, 0.05) is 0 Å². The first-order chi connectivity index (χ1) is 9.08. The maximum absolute atomic E-state index is 12.0. The lowest BCUT2D eigenvalue weighted by atomic mass is 10.0. The topological polar surface area (TPSA) is 54.9 Å². The van der Waals surface area contributed by atoms with Crippen LogP contribution in [-0.2, 0) is 11.2 Å². The molecule has 0 aliphatic heterocycles. The summed E-state index contributed by atoms with van der Waals surface area (Å²) in [6, 6.07) is 6.13. The lowest BCUT2D eigenvalue weighted by Crippen LogP contribution is -2.15. The average Bonchev–Trinajstić information content (AvgIpc) is 2.81. The first-order valence-electron chi connectivity index (χ1n) is 5.82. The van der Waals surface area contributed by atoms with E-state index in [-0.39, 0.29) is 5.91 Å². The van der Waals surface area contributed by atoms with Gasteiger partial charge < -0.3 is 5.32 Å². The zero-order valence-electron chi connectivity index (χ0n) is 11.1. The Morgan fingerprint density at radius 1 is 1.37 bits per heavy atom. The highest BCUT2D eigenvalue weighted by molar-refractivity contribution is 8.00. The van der Waals surface area contributed by atoms with Gasteiger partial charge in [0.05, 0.1) is 6.42 Å². The van der Waals surface area contributed by atoms with Gasteiger partial charge in [-0.25, -0.2) is 0 Å². The molecule has 0 aliphatic carbocycles. The second kappa shape index (κ2) is 6.16. The number of rotatable bonds is 4. The molecule has 0 bridgehead atoms. The predicted molar refractivity (Wildman–Crippen MR) is 79.9 cm³/mol. The molecule has 0 fully saturated rings. The van der Waals surface area contributed by atoms with Gasteiger partial charge >= 0.3 is 0 Å². The number of hydrogen-bond acceptors (Lipinski definition) is 5. The smallest absolute Gasteiger partial charge is 0.230 e. The van der Waals surface area contributed by atoms with Crippen LogP contribution in [0.3, 0.4) is 0 Å². The lowest BCUT2D eigenvalue weighted by Gasteiger charge is -2.06. The van der Waals surface area contributed by atoms with Crippen molar-refractivity contribution in [1.29, 1.82) is 0 Å². The molecule has 1 amide bonds. The summed E-state index contributed by atoms with van der Waals surface area (Å²) in [6.07, 6.45) is 2.30. The van der Waals surface area contributed by atoms with Gasteiger partial charge in [-0.15, -0.1) is 10.2 Å². The molecule has 0 saturated carbocycles. The van der Waals surface area contributed by atoms with Gasteiger partial charge in [0.25, 0.3) is 0 Å². The molecule has 1 aromatic heterocycles. The summed E-state index contributed by atoms with van der Waals surface area (Å²) >= 11 is 2.91. The van der Waals surface area contributed by atoms with Crippen LogP contribution in [0.5, 0.6) is 0 Å². The second-order valence-electron chi connectivity index (χ2n) is 4.23. The zero-order chi connectivity index (χ0) is 13.8. The molecular formula is C13H15N3OS2.